The Morgan fingerprint density at radius 1 is 1.06 bits per heavy atom. The summed E-state index contributed by atoms with van der Waals surface area (Å²) in [5.41, 5.74) is 3.39. The summed E-state index contributed by atoms with van der Waals surface area (Å²) < 4.78 is 41.9. The van der Waals surface area contributed by atoms with Crippen molar-refractivity contribution in [1.29, 1.82) is 0 Å². The van der Waals surface area contributed by atoms with Gasteiger partial charge in [-0.25, -0.2) is 18.1 Å². The molecule has 2 aromatic carbocycles. The number of methoxy groups -OCH3 is 1. The number of amides is 2. The van der Waals surface area contributed by atoms with E-state index in [1.54, 1.807) is 25.3 Å². The highest BCUT2D eigenvalue weighted by molar-refractivity contribution is 7.92. The average Bonchev–Trinajstić information content (AvgIpc) is 3.04. The maximum absolute atomic E-state index is 14.5. The number of aryl methyl sites for hydroxylation is 2. The van der Waals surface area contributed by atoms with Crippen LogP contribution in [0.3, 0.4) is 0 Å². The Kier molecular flexibility index (Phi) is 9.74. The van der Waals surface area contributed by atoms with Crippen LogP contribution in [-0.2, 0) is 19.6 Å². The number of carbonyl (C=O) groups excluding carboxylic acids is 2. The molecule has 1 N–H and O–H groups in total. The van der Waals surface area contributed by atoms with Crippen molar-refractivity contribution in [1.82, 2.24) is 19.8 Å². The van der Waals surface area contributed by atoms with Gasteiger partial charge in [-0.2, -0.15) is 4.98 Å². The molecule has 49 heavy (non-hydrogen) atoms. The van der Waals surface area contributed by atoms with Crippen molar-refractivity contribution in [3.63, 3.8) is 0 Å². The Labute approximate surface area is 289 Å². The van der Waals surface area contributed by atoms with E-state index in [0.717, 1.165) is 29.5 Å². The Balaban J connectivity index is 1.35. The normalized spacial score (nSPS) is 23.3. The Morgan fingerprint density at radius 2 is 1.73 bits per heavy atom. The molecule has 1 aromatic heterocycles. The first-order valence-corrected chi connectivity index (χ1v) is 18.6. The number of hydrogen-bond donors (Lipinski definition) is 1. The van der Waals surface area contributed by atoms with Crippen molar-refractivity contribution in [2.75, 3.05) is 31.5 Å². The summed E-state index contributed by atoms with van der Waals surface area (Å²) in [7, 11) is -2.45. The van der Waals surface area contributed by atoms with Gasteiger partial charge in [-0.15, -0.1) is 0 Å². The number of nitrogens with one attached hydrogen (secondary N) is 1. The number of carbonyl (C=O) groups is 2. The zero-order chi connectivity index (χ0) is 35.1. The standard InChI is InChI=1S/C37H47N5O6S/c1-23(2)17-29-22-48-32-21-31(33-24(3)9-7-10-25(33)4)38-36(39-32)40-49(45,46)30-12-8-11-26(20-30)35(44)42(29)28-18-27(19-28)34(43)41-15-13-37(5,47-6)14-16-41/h7-12,20-21,23,27-29H,13-19,22H2,1-6H3,(H,38,39,40)/t27?,28?,29-/m1/s1. The Morgan fingerprint density at radius 3 is 2.39 bits per heavy atom. The van der Waals surface area contributed by atoms with Gasteiger partial charge in [0.1, 0.15) is 6.61 Å². The third-order valence-electron chi connectivity index (χ3n) is 10.3. The lowest BCUT2D eigenvalue weighted by Crippen LogP contribution is -2.58. The molecule has 3 aromatic rings. The molecule has 1 atom stereocenters. The van der Waals surface area contributed by atoms with Gasteiger partial charge in [-0.1, -0.05) is 38.1 Å². The van der Waals surface area contributed by atoms with Crippen LogP contribution in [0.25, 0.3) is 11.3 Å². The van der Waals surface area contributed by atoms with Crippen LogP contribution in [-0.4, -0.2) is 84.5 Å². The molecular formula is C37H47N5O6S. The van der Waals surface area contributed by atoms with E-state index in [1.807, 2.05) is 41.8 Å². The molecule has 2 fully saturated rings. The van der Waals surface area contributed by atoms with Gasteiger partial charge >= 0.3 is 0 Å². The number of likely N-dealkylation sites (tertiary alicyclic amines) is 1. The van der Waals surface area contributed by atoms with Crippen molar-refractivity contribution in [3.8, 4) is 17.1 Å². The van der Waals surface area contributed by atoms with E-state index in [0.29, 0.717) is 38.0 Å². The van der Waals surface area contributed by atoms with Crippen LogP contribution in [0, 0.1) is 25.7 Å². The maximum atomic E-state index is 14.5. The van der Waals surface area contributed by atoms with Gasteiger partial charge in [0.05, 0.1) is 22.2 Å². The number of fused-ring (bicyclic) bond motifs is 4. The Bertz CT molecular complexity index is 1810. The minimum atomic E-state index is -4.17. The predicted octanol–water partition coefficient (Wildman–Crippen LogP) is 5.62. The maximum Gasteiger partial charge on any atom is 0.264 e. The average molecular weight is 690 g/mol. The van der Waals surface area contributed by atoms with Crippen molar-refractivity contribution >= 4 is 27.8 Å². The molecule has 4 bridgehead atoms. The number of sulfonamides is 1. The fraction of sp³-hybridized carbons (Fsp3) is 0.514. The Hall–Kier alpha value is -4.03. The molecular weight excluding hydrogens is 643 g/mol. The predicted molar refractivity (Wildman–Crippen MR) is 187 cm³/mol. The van der Waals surface area contributed by atoms with Gasteiger partial charge in [0.15, 0.2) is 0 Å². The fourth-order valence-corrected chi connectivity index (χ4v) is 8.30. The summed E-state index contributed by atoms with van der Waals surface area (Å²) in [5, 5.41) is 0. The van der Waals surface area contributed by atoms with E-state index in [4.69, 9.17) is 9.47 Å². The van der Waals surface area contributed by atoms with E-state index < -0.39 is 10.0 Å². The van der Waals surface area contributed by atoms with Crippen LogP contribution < -0.4 is 9.46 Å². The van der Waals surface area contributed by atoms with Crippen molar-refractivity contribution in [3.05, 3.63) is 65.2 Å². The number of rotatable bonds is 6. The summed E-state index contributed by atoms with van der Waals surface area (Å²) in [6.07, 6.45) is 3.28. The van der Waals surface area contributed by atoms with Crippen LogP contribution in [0.2, 0.25) is 0 Å². The SMILES string of the molecule is COC1(C)CCN(C(=O)C2CC(N3C(=O)c4cccc(c4)S(=O)(=O)Nc4nc(cc(-c5c(C)cccc5C)n4)OC[C@H]3CC(C)C)C2)CC1. The van der Waals surface area contributed by atoms with E-state index >= 15 is 0 Å². The highest BCUT2D eigenvalue weighted by Gasteiger charge is 2.45. The number of hydrogen-bond acceptors (Lipinski definition) is 8. The van der Waals surface area contributed by atoms with Crippen LogP contribution >= 0.6 is 0 Å². The van der Waals surface area contributed by atoms with E-state index in [9.17, 15) is 18.0 Å². The second kappa shape index (κ2) is 13.7. The monoisotopic (exact) mass is 689 g/mol. The summed E-state index contributed by atoms with van der Waals surface area (Å²) in [6.45, 7) is 11.7. The van der Waals surface area contributed by atoms with E-state index in [1.165, 1.54) is 12.1 Å². The number of nitrogens with zero attached hydrogens (tertiary/aromatic N) is 4. The summed E-state index contributed by atoms with van der Waals surface area (Å²) in [5.74, 6) is -0.0462. The van der Waals surface area contributed by atoms with Gasteiger partial charge < -0.3 is 19.3 Å². The van der Waals surface area contributed by atoms with E-state index in [-0.39, 0.29) is 70.2 Å². The summed E-state index contributed by atoms with van der Waals surface area (Å²) in [6, 6.07) is 13.1. The van der Waals surface area contributed by atoms with Gasteiger partial charge in [0.2, 0.25) is 17.7 Å². The number of benzene rings is 2. The quantitative estimate of drug-likeness (QED) is 0.353. The molecule has 6 rings (SSSR count). The van der Waals surface area contributed by atoms with Gasteiger partial charge in [0, 0.05) is 49.4 Å². The third-order valence-corrected chi connectivity index (χ3v) is 11.7. The van der Waals surface area contributed by atoms with Gasteiger partial charge in [-0.3, -0.25) is 9.59 Å². The van der Waals surface area contributed by atoms with E-state index in [2.05, 4.69) is 35.5 Å². The van der Waals surface area contributed by atoms with Crippen LogP contribution in [0.5, 0.6) is 5.88 Å². The minimum Gasteiger partial charge on any atom is -0.475 e. The molecule has 12 heteroatoms. The molecule has 11 nitrogen and oxygen atoms in total. The first-order chi connectivity index (χ1) is 23.3. The lowest BCUT2D eigenvalue weighted by molar-refractivity contribution is -0.145. The fourth-order valence-electron chi connectivity index (χ4n) is 7.31. The minimum absolute atomic E-state index is 0.0729. The molecule has 262 valence electrons. The first-order valence-electron chi connectivity index (χ1n) is 17.1. The van der Waals surface area contributed by atoms with Crippen molar-refractivity contribution in [2.45, 2.75) is 89.3 Å². The molecule has 1 saturated heterocycles. The highest BCUT2D eigenvalue weighted by atomic mass is 32.2. The molecule has 1 saturated carbocycles. The second-order valence-corrected chi connectivity index (χ2v) is 16.1. The lowest BCUT2D eigenvalue weighted by atomic mass is 9.76. The molecule has 2 amide bonds. The summed E-state index contributed by atoms with van der Waals surface area (Å²) in [4.78, 5) is 40.8. The number of ether oxygens (including phenoxy) is 2. The lowest BCUT2D eigenvalue weighted by Gasteiger charge is -2.48. The van der Waals surface area contributed by atoms with Crippen LogP contribution in [0.1, 0.15) is 74.4 Å². The van der Waals surface area contributed by atoms with Crippen LogP contribution in [0.15, 0.2) is 53.4 Å². The molecule has 2 aliphatic heterocycles. The molecule has 0 spiro atoms. The largest absolute Gasteiger partial charge is 0.475 e. The second-order valence-electron chi connectivity index (χ2n) is 14.4. The first kappa shape index (κ1) is 34.8. The molecule has 0 unspecified atom stereocenters. The van der Waals surface area contributed by atoms with Crippen molar-refractivity contribution in [2.24, 2.45) is 11.8 Å². The number of aromatic nitrogens is 2. The highest BCUT2D eigenvalue weighted by Crippen LogP contribution is 2.38. The molecule has 0 radical (unpaired) electrons. The topological polar surface area (TPSA) is 131 Å². The van der Waals surface area contributed by atoms with Crippen LogP contribution in [0.4, 0.5) is 5.95 Å². The van der Waals surface area contributed by atoms with Gasteiger partial charge in [0.25, 0.3) is 15.9 Å². The third kappa shape index (κ3) is 7.30. The molecule has 3 heterocycles. The smallest absolute Gasteiger partial charge is 0.264 e. The zero-order valence-corrected chi connectivity index (χ0v) is 30.0. The zero-order valence-electron chi connectivity index (χ0n) is 29.2. The molecule has 1 aliphatic carbocycles. The number of anilines is 1. The van der Waals surface area contributed by atoms with Crippen molar-refractivity contribution < 1.29 is 27.5 Å². The number of piperidine rings is 1. The summed E-state index contributed by atoms with van der Waals surface area (Å²) >= 11 is 0. The molecule has 3 aliphatic rings. The van der Waals surface area contributed by atoms with Gasteiger partial charge in [-0.05, 0) is 88.1 Å².